The fourth-order valence-electron chi connectivity index (χ4n) is 0.645. The maximum atomic E-state index is 10.1. The van der Waals surface area contributed by atoms with Crippen LogP contribution in [0.4, 0.5) is 0 Å². The van der Waals surface area contributed by atoms with E-state index in [9.17, 15) is 4.79 Å². The van der Waals surface area contributed by atoms with Crippen LogP contribution in [0.1, 0.15) is 15.9 Å². The number of aryl methyl sites for hydroxylation is 1. The van der Waals surface area contributed by atoms with Crippen molar-refractivity contribution < 1.29 is 4.79 Å². The molecule has 0 bridgehead atoms. The van der Waals surface area contributed by atoms with Crippen LogP contribution >= 0.6 is 0 Å². The Hall–Kier alpha value is -0.110. The van der Waals surface area contributed by atoms with Gasteiger partial charge in [0, 0.05) is 5.56 Å². The van der Waals surface area contributed by atoms with Crippen LogP contribution in [0.2, 0.25) is 0 Å². The molecular formula is C8H9NaO. The molecule has 1 nitrogen and oxygen atoms in total. The Balaban J connectivity index is 0.000000810. The van der Waals surface area contributed by atoms with Crippen molar-refractivity contribution in [1.29, 1.82) is 0 Å². The summed E-state index contributed by atoms with van der Waals surface area (Å²) < 4.78 is 0. The molecule has 0 N–H and O–H groups in total. The maximum absolute atomic E-state index is 10.1. The zero-order valence-corrected chi connectivity index (χ0v) is 5.29. The summed E-state index contributed by atoms with van der Waals surface area (Å²) in [6.45, 7) is 1.99. The zero-order valence-electron chi connectivity index (χ0n) is 5.29. The van der Waals surface area contributed by atoms with Crippen molar-refractivity contribution in [2.24, 2.45) is 0 Å². The van der Waals surface area contributed by atoms with Crippen molar-refractivity contribution in [2.45, 2.75) is 6.92 Å². The molecule has 10 heavy (non-hydrogen) atoms. The van der Waals surface area contributed by atoms with Crippen LogP contribution in [0, 0.1) is 6.92 Å². The fraction of sp³-hybridized carbons (Fsp3) is 0.125. The van der Waals surface area contributed by atoms with Crippen molar-refractivity contribution in [3.8, 4) is 0 Å². The molecule has 0 aliphatic rings. The number of rotatable bonds is 1. The molecule has 0 aliphatic heterocycles. The fourth-order valence-corrected chi connectivity index (χ4v) is 0.645. The molecule has 0 radical (unpaired) electrons. The number of carbonyl (C=O) groups is 1. The Morgan fingerprint density at radius 3 is 2.10 bits per heavy atom. The molecule has 0 unspecified atom stereocenters. The third-order valence-corrected chi connectivity index (χ3v) is 1.21. The van der Waals surface area contributed by atoms with Crippen LogP contribution in [0.15, 0.2) is 24.3 Å². The molecule has 1 aromatic rings. The van der Waals surface area contributed by atoms with Gasteiger partial charge in [0.1, 0.15) is 6.29 Å². The Morgan fingerprint density at radius 1 is 1.20 bits per heavy atom. The summed E-state index contributed by atoms with van der Waals surface area (Å²) in [5.74, 6) is 0. The second-order valence-corrected chi connectivity index (χ2v) is 2.03. The van der Waals surface area contributed by atoms with Gasteiger partial charge in [-0.25, -0.2) is 0 Å². The molecule has 48 valence electrons. The summed E-state index contributed by atoms with van der Waals surface area (Å²) in [6.07, 6.45) is 0.847. The van der Waals surface area contributed by atoms with Gasteiger partial charge in [-0.05, 0) is 6.92 Å². The van der Waals surface area contributed by atoms with Crippen LogP contribution < -0.4 is 0 Å². The summed E-state index contributed by atoms with van der Waals surface area (Å²) in [6, 6.07) is 7.46. The van der Waals surface area contributed by atoms with Gasteiger partial charge in [0.25, 0.3) is 0 Å². The molecule has 0 spiro atoms. The molecule has 0 saturated carbocycles. The van der Waals surface area contributed by atoms with E-state index >= 15 is 0 Å². The number of aldehydes is 1. The van der Waals surface area contributed by atoms with Gasteiger partial charge < -0.3 is 0 Å². The molecule has 0 aromatic heterocycles. The van der Waals surface area contributed by atoms with Gasteiger partial charge in [0.05, 0.1) is 0 Å². The first-order valence-electron chi connectivity index (χ1n) is 2.85. The van der Waals surface area contributed by atoms with Crippen LogP contribution in [0.5, 0.6) is 0 Å². The minimum atomic E-state index is 0. The normalized spacial score (nSPS) is 8.10. The Bertz CT molecular complexity index is 203. The van der Waals surface area contributed by atoms with E-state index in [0.717, 1.165) is 11.8 Å². The van der Waals surface area contributed by atoms with Crippen LogP contribution in [0.25, 0.3) is 0 Å². The van der Waals surface area contributed by atoms with E-state index in [2.05, 4.69) is 0 Å². The van der Waals surface area contributed by atoms with Crippen molar-refractivity contribution >= 4 is 35.8 Å². The van der Waals surface area contributed by atoms with Gasteiger partial charge in [-0.1, -0.05) is 29.8 Å². The predicted octanol–water partition coefficient (Wildman–Crippen LogP) is 1.16. The van der Waals surface area contributed by atoms with E-state index in [0.29, 0.717) is 0 Å². The number of hydrogen-bond donors (Lipinski definition) is 0. The average molecular weight is 144 g/mol. The second kappa shape index (κ2) is 4.67. The van der Waals surface area contributed by atoms with E-state index in [1.54, 1.807) is 0 Å². The summed E-state index contributed by atoms with van der Waals surface area (Å²) >= 11 is 0. The third-order valence-electron chi connectivity index (χ3n) is 1.21. The van der Waals surface area contributed by atoms with Gasteiger partial charge in [-0.15, -0.1) is 0 Å². The second-order valence-electron chi connectivity index (χ2n) is 2.03. The Morgan fingerprint density at radius 2 is 1.70 bits per heavy atom. The van der Waals surface area contributed by atoms with E-state index in [1.165, 1.54) is 5.56 Å². The zero-order chi connectivity index (χ0) is 6.69. The van der Waals surface area contributed by atoms with Gasteiger partial charge in [-0.3, -0.25) is 4.79 Å². The van der Waals surface area contributed by atoms with E-state index in [1.807, 2.05) is 31.2 Å². The monoisotopic (exact) mass is 144 g/mol. The van der Waals surface area contributed by atoms with E-state index in [-0.39, 0.29) is 29.6 Å². The number of carbonyl (C=O) groups excluding carboxylic acids is 1. The van der Waals surface area contributed by atoms with Gasteiger partial charge >= 0.3 is 29.6 Å². The average Bonchev–Trinajstić information content (AvgIpc) is 1.90. The first-order chi connectivity index (χ1) is 4.33. The van der Waals surface area contributed by atoms with Crippen LogP contribution in [0.3, 0.4) is 0 Å². The quantitative estimate of drug-likeness (QED) is 0.427. The SMILES string of the molecule is Cc1ccc(C=O)cc1.[NaH]. The molecule has 0 atom stereocenters. The molecule has 0 fully saturated rings. The third kappa shape index (κ3) is 2.65. The molecule has 1 rings (SSSR count). The molecule has 2 heteroatoms. The molecule has 0 aliphatic carbocycles. The summed E-state index contributed by atoms with van der Waals surface area (Å²) in [5.41, 5.74) is 1.92. The van der Waals surface area contributed by atoms with Crippen molar-refractivity contribution in [2.75, 3.05) is 0 Å². The first-order valence-corrected chi connectivity index (χ1v) is 2.85. The number of benzene rings is 1. The summed E-state index contributed by atoms with van der Waals surface area (Å²) in [7, 11) is 0. The minimum absolute atomic E-state index is 0. The standard InChI is InChI=1S/C8H8O.Na.H/c1-7-2-4-8(6-9)5-3-7;;/h2-6H,1H3;;. The Labute approximate surface area is 82.7 Å². The van der Waals surface area contributed by atoms with E-state index in [4.69, 9.17) is 0 Å². The van der Waals surface area contributed by atoms with Crippen molar-refractivity contribution in [1.82, 2.24) is 0 Å². The van der Waals surface area contributed by atoms with Gasteiger partial charge in [-0.2, -0.15) is 0 Å². The van der Waals surface area contributed by atoms with Crippen molar-refractivity contribution in [3.63, 3.8) is 0 Å². The first kappa shape index (κ1) is 9.89. The predicted molar refractivity (Wildman–Crippen MR) is 43.7 cm³/mol. The van der Waals surface area contributed by atoms with Gasteiger partial charge in [0.15, 0.2) is 0 Å². The Kier molecular flexibility index (Phi) is 4.62. The van der Waals surface area contributed by atoms with Crippen LogP contribution in [-0.4, -0.2) is 35.8 Å². The summed E-state index contributed by atoms with van der Waals surface area (Å²) in [5, 5.41) is 0. The summed E-state index contributed by atoms with van der Waals surface area (Å²) in [4.78, 5) is 10.1. The number of hydrogen-bond acceptors (Lipinski definition) is 1. The topological polar surface area (TPSA) is 17.1 Å². The van der Waals surface area contributed by atoms with E-state index < -0.39 is 0 Å². The van der Waals surface area contributed by atoms with Crippen LogP contribution in [-0.2, 0) is 0 Å². The molecule has 0 heterocycles. The molecular weight excluding hydrogens is 135 g/mol. The molecule has 0 saturated heterocycles. The van der Waals surface area contributed by atoms with Gasteiger partial charge in [0.2, 0.25) is 0 Å². The van der Waals surface area contributed by atoms with Crippen molar-refractivity contribution in [3.05, 3.63) is 35.4 Å². The molecule has 1 aromatic carbocycles. The molecule has 0 amide bonds.